The van der Waals surface area contributed by atoms with Gasteiger partial charge in [0.25, 0.3) is 5.91 Å². The first kappa shape index (κ1) is 7.50. The Morgan fingerprint density at radius 3 is 2.78 bits per heavy atom. The number of hydrogen-bond donors (Lipinski definition) is 2. The lowest BCUT2D eigenvalue weighted by atomic mass is 10.4. The molecular weight excluding hydrogens is 120 g/mol. The van der Waals surface area contributed by atoms with Crippen molar-refractivity contribution in [2.24, 2.45) is 0 Å². The van der Waals surface area contributed by atoms with Crippen molar-refractivity contribution >= 4 is 5.91 Å². The normalized spacial score (nSPS) is 10.0. The molecule has 0 rings (SSSR count). The van der Waals surface area contributed by atoms with Crippen LogP contribution in [0.5, 0.6) is 0 Å². The number of nitrogens with one attached hydrogen (secondary N) is 1. The molecule has 0 aliphatic carbocycles. The van der Waals surface area contributed by atoms with E-state index >= 15 is 0 Å². The number of allylic oxidation sites excluding steroid dienone is 1. The molecule has 48 valence electrons. The summed E-state index contributed by atoms with van der Waals surface area (Å²) in [6.45, 7) is 1.34. The second kappa shape index (κ2) is 3.50. The molecule has 4 nitrogen and oxygen atoms in total. The van der Waals surface area contributed by atoms with Crippen molar-refractivity contribution in [2.45, 2.75) is 6.92 Å². The summed E-state index contributed by atoms with van der Waals surface area (Å²) >= 11 is 0. The van der Waals surface area contributed by atoms with Crippen molar-refractivity contribution < 1.29 is 9.90 Å². The first-order valence-corrected chi connectivity index (χ1v) is 2.23. The fraction of sp³-hybridized carbons (Fsp3) is 0.200. The molecule has 0 saturated heterocycles. The van der Waals surface area contributed by atoms with Crippen molar-refractivity contribution in [3.63, 3.8) is 0 Å². The number of hydrogen-bond acceptors (Lipinski definition) is 3. The number of nitriles is 1. The number of aliphatic hydroxyl groups excluding tert-OH is 1. The summed E-state index contributed by atoms with van der Waals surface area (Å²) in [5, 5.41) is 18.1. The lowest BCUT2D eigenvalue weighted by Gasteiger charge is -1.86. The van der Waals surface area contributed by atoms with E-state index in [9.17, 15) is 4.79 Å². The molecule has 0 unspecified atom stereocenters. The number of nitrogens with zero attached hydrogens (tertiary/aromatic N) is 1. The third-order valence-corrected chi connectivity index (χ3v) is 0.519. The third-order valence-electron chi connectivity index (χ3n) is 0.519. The van der Waals surface area contributed by atoms with Gasteiger partial charge >= 0.3 is 0 Å². The molecule has 0 atom stereocenters. The maximum absolute atomic E-state index is 10.3. The molecule has 0 bridgehead atoms. The largest absolute Gasteiger partial charge is 0.512 e. The summed E-state index contributed by atoms with van der Waals surface area (Å²) in [5.74, 6) is -0.736. The summed E-state index contributed by atoms with van der Waals surface area (Å²) in [6, 6.07) is 0. The van der Waals surface area contributed by atoms with Gasteiger partial charge in [0, 0.05) is 6.08 Å². The van der Waals surface area contributed by atoms with Gasteiger partial charge in [-0.2, -0.15) is 5.26 Å². The maximum atomic E-state index is 10.3. The van der Waals surface area contributed by atoms with Gasteiger partial charge in [-0.25, -0.2) is 0 Å². The molecule has 0 radical (unpaired) electrons. The summed E-state index contributed by atoms with van der Waals surface area (Å²) in [4.78, 5) is 10.3. The van der Waals surface area contributed by atoms with Gasteiger partial charge in [-0.3, -0.25) is 10.1 Å². The SMILES string of the molecule is C/C(O)=C/C(=O)NC#N. The van der Waals surface area contributed by atoms with E-state index in [0.29, 0.717) is 0 Å². The van der Waals surface area contributed by atoms with Crippen LogP contribution in [0.3, 0.4) is 0 Å². The first-order valence-electron chi connectivity index (χ1n) is 2.23. The highest BCUT2D eigenvalue weighted by atomic mass is 16.3. The molecule has 0 aromatic carbocycles. The van der Waals surface area contributed by atoms with Crippen LogP contribution >= 0.6 is 0 Å². The monoisotopic (exact) mass is 126 g/mol. The summed E-state index contributed by atoms with van der Waals surface area (Å²) in [5.41, 5.74) is 0. The van der Waals surface area contributed by atoms with Crippen molar-refractivity contribution in [1.82, 2.24) is 5.32 Å². The lowest BCUT2D eigenvalue weighted by molar-refractivity contribution is -0.115. The molecule has 0 saturated carbocycles. The molecule has 0 aliphatic rings. The molecule has 0 aromatic rings. The van der Waals surface area contributed by atoms with E-state index in [4.69, 9.17) is 10.4 Å². The van der Waals surface area contributed by atoms with E-state index in [1.54, 1.807) is 0 Å². The summed E-state index contributed by atoms with van der Waals surface area (Å²) in [6.07, 6.45) is 2.34. The van der Waals surface area contributed by atoms with E-state index in [-0.39, 0.29) is 5.76 Å². The Bertz CT molecular complexity index is 174. The van der Waals surface area contributed by atoms with Gasteiger partial charge in [0.2, 0.25) is 0 Å². The third kappa shape index (κ3) is 4.35. The zero-order valence-corrected chi connectivity index (χ0v) is 4.88. The van der Waals surface area contributed by atoms with Crippen LogP contribution in [0.25, 0.3) is 0 Å². The quantitative estimate of drug-likeness (QED) is 0.225. The van der Waals surface area contributed by atoms with Crippen molar-refractivity contribution in [2.75, 3.05) is 0 Å². The zero-order valence-electron chi connectivity index (χ0n) is 4.88. The van der Waals surface area contributed by atoms with Crippen molar-refractivity contribution in [3.8, 4) is 6.19 Å². The van der Waals surface area contributed by atoms with Crippen molar-refractivity contribution in [3.05, 3.63) is 11.8 Å². The fourth-order valence-electron chi connectivity index (χ4n) is 0.281. The predicted molar refractivity (Wildman–Crippen MR) is 30.1 cm³/mol. The minimum atomic E-state index is -0.613. The van der Waals surface area contributed by atoms with E-state index in [1.807, 2.05) is 5.32 Å². The molecule has 2 N–H and O–H groups in total. The average molecular weight is 126 g/mol. The predicted octanol–water partition coefficient (Wildman–Crippen LogP) is 0.0455. The van der Waals surface area contributed by atoms with Gasteiger partial charge < -0.3 is 5.11 Å². The number of rotatable bonds is 1. The molecule has 0 aromatic heterocycles. The Balaban J connectivity index is 3.81. The molecule has 0 heterocycles. The fourth-order valence-corrected chi connectivity index (χ4v) is 0.281. The van der Waals surface area contributed by atoms with Crippen LogP contribution in [0.1, 0.15) is 6.92 Å². The average Bonchev–Trinajstić information content (AvgIpc) is 1.63. The zero-order chi connectivity index (χ0) is 7.28. The Morgan fingerprint density at radius 1 is 1.89 bits per heavy atom. The second-order valence-electron chi connectivity index (χ2n) is 1.39. The van der Waals surface area contributed by atoms with Gasteiger partial charge in [0.15, 0.2) is 6.19 Å². The van der Waals surface area contributed by atoms with Gasteiger partial charge in [0.05, 0.1) is 5.76 Å². The topological polar surface area (TPSA) is 73.1 Å². The molecule has 9 heavy (non-hydrogen) atoms. The first-order chi connectivity index (χ1) is 4.16. The minimum Gasteiger partial charge on any atom is -0.512 e. The van der Waals surface area contributed by atoms with Crippen LogP contribution in [0.2, 0.25) is 0 Å². The standard InChI is InChI=1S/C5H6N2O2/c1-4(8)2-5(9)7-3-6/h2,8H,1H3,(H,7,9)/b4-2-. The highest BCUT2D eigenvalue weighted by molar-refractivity contribution is 5.88. The van der Waals surface area contributed by atoms with Gasteiger partial charge in [-0.05, 0) is 6.92 Å². The van der Waals surface area contributed by atoms with Gasteiger partial charge in [-0.1, -0.05) is 0 Å². The Labute approximate surface area is 52.4 Å². The lowest BCUT2D eigenvalue weighted by Crippen LogP contribution is -2.14. The van der Waals surface area contributed by atoms with Gasteiger partial charge in [0.1, 0.15) is 0 Å². The summed E-state index contributed by atoms with van der Waals surface area (Å²) < 4.78 is 0. The van der Waals surface area contributed by atoms with Crippen LogP contribution in [-0.4, -0.2) is 11.0 Å². The van der Waals surface area contributed by atoms with Crippen LogP contribution in [0.4, 0.5) is 0 Å². The van der Waals surface area contributed by atoms with E-state index in [0.717, 1.165) is 6.08 Å². The molecule has 4 heteroatoms. The van der Waals surface area contributed by atoms with Crippen molar-refractivity contribution in [1.29, 1.82) is 5.26 Å². The number of aliphatic hydroxyl groups is 1. The van der Waals surface area contributed by atoms with Crippen LogP contribution in [0.15, 0.2) is 11.8 Å². The molecule has 1 amide bonds. The molecular formula is C5H6N2O2. The Kier molecular flexibility index (Phi) is 2.91. The highest BCUT2D eigenvalue weighted by Crippen LogP contribution is 1.81. The highest BCUT2D eigenvalue weighted by Gasteiger charge is 1.91. The molecule has 0 fully saturated rings. The van der Waals surface area contributed by atoms with Crippen LogP contribution < -0.4 is 5.32 Å². The van der Waals surface area contributed by atoms with Gasteiger partial charge in [-0.15, -0.1) is 0 Å². The minimum absolute atomic E-state index is 0.122. The second-order valence-corrected chi connectivity index (χ2v) is 1.39. The van der Waals surface area contributed by atoms with E-state index in [2.05, 4.69) is 0 Å². The number of carbonyl (C=O) groups is 1. The van der Waals surface area contributed by atoms with E-state index < -0.39 is 5.91 Å². The number of amides is 1. The Morgan fingerprint density at radius 2 is 2.44 bits per heavy atom. The van der Waals surface area contributed by atoms with E-state index in [1.165, 1.54) is 13.1 Å². The summed E-state index contributed by atoms with van der Waals surface area (Å²) in [7, 11) is 0. The maximum Gasteiger partial charge on any atom is 0.260 e. The molecule has 0 aliphatic heterocycles. The van der Waals surface area contributed by atoms with Crippen LogP contribution in [0, 0.1) is 11.5 Å². The Hall–Kier alpha value is -1.50. The molecule has 0 spiro atoms. The van der Waals surface area contributed by atoms with Crippen LogP contribution in [-0.2, 0) is 4.79 Å². The smallest absolute Gasteiger partial charge is 0.260 e. The number of carbonyl (C=O) groups excluding carboxylic acids is 1.